The molecule has 0 aliphatic rings. The van der Waals surface area contributed by atoms with Crippen LogP contribution in [0.3, 0.4) is 0 Å². The molecule has 3 aromatic rings. The lowest BCUT2D eigenvalue weighted by Crippen LogP contribution is -2.01. The average Bonchev–Trinajstić information content (AvgIpc) is 2.93. The summed E-state index contributed by atoms with van der Waals surface area (Å²) in [5, 5.41) is 13.7. The molecule has 0 fully saturated rings. The van der Waals surface area contributed by atoms with Crippen LogP contribution in [0.25, 0.3) is 16.9 Å². The van der Waals surface area contributed by atoms with E-state index in [2.05, 4.69) is 27.1 Å². The number of halogens is 1. The number of rotatable bonds is 3. The van der Waals surface area contributed by atoms with Gasteiger partial charge in [0.05, 0.1) is 29.6 Å². The van der Waals surface area contributed by atoms with Crippen molar-refractivity contribution in [2.24, 2.45) is 0 Å². The molecule has 0 aliphatic heterocycles. The van der Waals surface area contributed by atoms with E-state index in [1.54, 1.807) is 0 Å². The highest BCUT2D eigenvalue weighted by Crippen LogP contribution is 2.23. The van der Waals surface area contributed by atoms with Crippen molar-refractivity contribution < 1.29 is 0 Å². The van der Waals surface area contributed by atoms with Crippen LogP contribution in [0.4, 0.5) is 0 Å². The molecule has 0 spiro atoms. The number of hydrogen-bond donors (Lipinski definition) is 0. The second-order valence-corrected chi connectivity index (χ2v) is 5.53. The molecule has 0 saturated heterocycles. The van der Waals surface area contributed by atoms with Gasteiger partial charge in [-0.05, 0) is 30.3 Å². The Kier molecular flexibility index (Phi) is 3.85. The van der Waals surface area contributed by atoms with Crippen LogP contribution < -0.4 is 0 Å². The molecule has 0 radical (unpaired) electrons. The Hall–Kier alpha value is -2.38. The number of nitrogens with zero attached hydrogens (tertiary/aromatic N) is 3. The first-order valence-corrected chi connectivity index (χ1v) is 7.34. The average molecular weight is 338 g/mol. The Morgan fingerprint density at radius 2 is 1.76 bits per heavy atom. The highest BCUT2D eigenvalue weighted by atomic mass is 79.9. The third-order valence-electron chi connectivity index (χ3n) is 3.18. The first-order chi connectivity index (χ1) is 10.3. The van der Waals surface area contributed by atoms with Crippen molar-refractivity contribution in [1.29, 1.82) is 5.26 Å². The SMILES string of the molecule is N#CCc1cc(-c2ccc(Br)cc2)nn1-c1ccccc1. The third kappa shape index (κ3) is 2.88. The van der Waals surface area contributed by atoms with Gasteiger partial charge in [-0.3, -0.25) is 0 Å². The van der Waals surface area contributed by atoms with Crippen LogP contribution in [0.1, 0.15) is 5.69 Å². The fourth-order valence-corrected chi connectivity index (χ4v) is 2.45. The maximum Gasteiger partial charge on any atom is 0.0930 e. The van der Waals surface area contributed by atoms with Crippen molar-refractivity contribution in [3.63, 3.8) is 0 Å². The van der Waals surface area contributed by atoms with E-state index < -0.39 is 0 Å². The summed E-state index contributed by atoms with van der Waals surface area (Å²) in [6, 6.07) is 22.0. The normalized spacial score (nSPS) is 10.3. The summed E-state index contributed by atoms with van der Waals surface area (Å²) < 4.78 is 2.87. The van der Waals surface area contributed by atoms with Gasteiger partial charge in [-0.2, -0.15) is 10.4 Å². The zero-order valence-electron chi connectivity index (χ0n) is 11.2. The van der Waals surface area contributed by atoms with Crippen LogP contribution >= 0.6 is 15.9 Å². The molecular formula is C17H12BrN3. The van der Waals surface area contributed by atoms with Crippen LogP contribution in [0.5, 0.6) is 0 Å². The molecule has 0 aliphatic carbocycles. The van der Waals surface area contributed by atoms with E-state index in [9.17, 15) is 0 Å². The maximum atomic E-state index is 9.01. The van der Waals surface area contributed by atoms with Crippen LogP contribution in [0.15, 0.2) is 65.1 Å². The summed E-state index contributed by atoms with van der Waals surface area (Å²) >= 11 is 3.43. The molecule has 1 heterocycles. The molecule has 0 N–H and O–H groups in total. The summed E-state index contributed by atoms with van der Waals surface area (Å²) in [7, 11) is 0. The summed E-state index contributed by atoms with van der Waals surface area (Å²) in [4.78, 5) is 0. The summed E-state index contributed by atoms with van der Waals surface area (Å²) in [5.74, 6) is 0. The smallest absolute Gasteiger partial charge is 0.0930 e. The predicted molar refractivity (Wildman–Crippen MR) is 86.0 cm³/mol. The Morgan fingerprint density at radius 3 is 2.43 bits per heavy atom. The second-order valence-electron chi connectivity index (χ2n) is 4.61. The highest BCUT2D eigenvalue weighted by Gasteiger charge is 2.10. The monoisotopic (exact) mass is 337 g/mol. The minimum atomic E-state index is 0.332. The fraction of sp³-hybridized carbons (Fsp3) is 0.0588. The second kappa shape index (κ2) is 5.94. The molecule has 3 rings (SSSR count). The molecule has 102 valence electrons. The van der Waals surface area contributed by atoms with Gasteiger partial charge in [-0.1, -0.05) is 46.3 Å². The van der Waals surface area contributed by atoms with E-state index in [1.807, 2.05) is 65.3 Å². The Labute approximate surface area is 131 Å². The zero-order chi connectivity index (χ0) is 14.7. The van der Waals surface area contributed by atoms with Crippen molar-refractivity contribution in [3.8, 4) is 23.0 Å². The first-order valence-electron chi connectivity index (χ1n) is 6.55. The van der Waals surface area contributed by atoms with Crippen molar-refractivity contribution in [2.75, 3.05) is 0 Å². The molecule has 0 bridgehead atoms. The zero-order valence-corrected chi connectivity index (χ0v) is 12.8. The van der Waals surface area contributed by atoms with Gasteiger partial charge in [0, 0.05) is 10.0 Å². The molecule has 1 aromatic heterocycles. The van der Waals surface area contributed by atoms with E-state index in [-0.39, 0.29) is 0 Å². The summed E-state index contributed by atoms with van der Waals surface area (Å²) in [5.41, 5.74) is 3.76. The lowest BCUT2D eigenvalue weighted by Gasteiger charge is -2.04. The quantitative estimate of drug-likeness (QED) is 0.712. The minimum absolute atomic E-state index is 0.332. The molecular weight excluding hydrogens is 326 g/mol. The molecule has 2 aromatic carbocycles. The number of nitriles is 1. The lowest BCUT2D eigenvalue weighted by molar-refractivity contribution is 0.834. The minimum Gasteiger partial charge on any atom is -0.236 e. The molecule has 0 amide bonds. The van der Waals surface area contributed by atoms with Gasteiger partial charge in [0.2, 0.25) is 0 Å². The Morgan fingerprint density at radius 1 is 1.05 bits per heavy atom. The van der Waals surface area contributed by atoms with Gasteiger partial charge in [-0.15, -0.1) is 0 Å². The van der Waals surface area contributed by atoms with E-state index in [4.69, 9.17) is 5.26 Å². The van der Waals surface area contributed by atoms with Crippen molar-refractivity contribution in [2.45, 2.75) is 6.42 Å². The summed E-state index contributed by atoms with van der Waals surface area (Å²) in [6.07, 6.45) is 0.332. The molecule has 0 unspecified atom stereocenters. The fourth-order valence-electron chi connectivity index (χ4n) is 2.18. The van der Waals surface area contributed by atoms with E-state index in [0.717, 1.165) is 27.1 Å². The Bertz CT molecular complexity index is 783. The number of benzene rings is 2. The lowest BCUT2D eigenvalue weighted by atomic mass is 10.1. The number of aromatic nitrogens is 2. The molecule has 4 heteroatoms. The van der Waals surface area contributed by atoms with Gasteiger partial charge in [0.25, 0.3) is 0 Å². The summed E-state index contributed by atoms with van der Waals surface area (Å²) in [6.45, 7) is 0. The van der Waals surface area contributed by atoms with E-state index >= 15 is 0 Å². The van der Waals surface area contributed by atoms with Crippen LogP contribution in [-0.4, -0.2) is 9.78 Å². The van der Waals surface area contributed by atoms with Gasteiger partial charge < -0.3 is 0 Å². The van der Waals surface area contributed by atoms with E-state index in [0.29, 0.717) is 6.42 Å². The van der Waals surface area contributed by atoms with Gasteiger partial charge in [0.1, 0.15) is 0 Å². The van der Waals surface area contributed by atoms with Crippen molar-refractivity contribution in [3.05, 3.63) is 70.8 Å². The molecule has 21 heavy (non-hydrogen) atoms. The number of hydrogen-bond acceptors (Lipinski definition) is 2. The van der Waals surface area contributed by atoms with Crippen LogP contribution in [-0.2, 0) is 6.42 Å². The Balaban J connectivity index is 2.09. The van der Waals surface area contributed by atoms with Crippen LogP contribution in [0.2, 0.25) is 0 Å². The van der Waals surface area contributed by atoms with Crippen LogP contribution in [0, 0.1) is 11.3 Å². The highest BCUT2D eigenvalue weighted by molar-refractivity contribution is 9.10. The molecule has 3 nitrogen and oxygen atoms in total. The topological polar surface area (TPSA) is 41.6 Å². The van der Waals surface area contributed by atoms with E-state index in [1.165, 1.54) is 0 Å². The number of para-hydroxylation sites is 1. The van der Waals surface area contributed by atoms with Crippen molar-refractivity contribution >= 4 is 15.9 Å². The third-order valence-corrected chi connectivity index (χ3v) is 3.71. The predicted octanol–water partition coefficient (Wildman–Crippen LogP) is 4.37. The van der Waals surface area contributed by atoms with Gasteiger partial charge >= 0.3 is 0 Å². The van der Waals surface area contributed by atoms with Gasteiger partial charge in [-0.25, -0.2) is 4.68 Å². The molecule has 0 atom stereocenters. The molecule has 0 saturated carbocycles. The van der Waals surface area contributed by atoms with Gasteiger partial charge in [0.15, 0.2) is 0 Å². The maximum absolute atomic E-state index is 9.01. The standard InChI is InChI=1S/C17H12BrN3/c18-14-8-6-13(7-9-14)17-12-16(10-11-19)21(20-17)15-4-2-1-3-5-15/h1-9,12H,10H2. The van der Waals surface area contributed by atoms with Crippen molar-refractivity contribution in [1.82, 2.24) is 9.78 Å². The largest absolute Gasteiger partial charge is 0.236 e. The first kappa shape index (κ1) is 13.6.